The number of hydrogen-bond acceptors (Lipinski definition) is 9. The van der Waals surface area contributed by atoms with Gasteiger partial charge in [0.25, 0.3) is 0 Å². The summed E-state index contributed by atoms with van der Waals surface area (Å²) in [7, 11) is 2.73. The van der Waals surface area contributed by atoms with E-state index in [2.05, 4.69) is 9.97 Å². The van der Waals surface area contributed by atoms with Crippen molar-refractivity contribution < 1.29 is 32.8 Å². The molecular weight excluding hydrogens is 710 g/mol. The van der Waals surface area contributed by atoms with Crippen LogP contribution in [0.1, 0.15) is 91.5 Å². The molecule has 0 bridgehead atoms. The molecule has 15 heteroatoms. The maximum Gasteiger partial charge on any atom is 0.328 e. The van der Waals surface area contributed by atoms with Crippen molar-refractivity contribution in [2.45, 2.75) is 123 Å². The van der Waals surface area contributed by atoms with Crippen molar-refractivity contribution in [2.24, 2.45) is 35.1 Å². The van der Waals surface area contributed by atoms with E-state index in [0.717, 1.165) is 29.1 Å². The van der Waals surface area contributed by atoms with Crippen molar-refractivity contribution >= 4 is 29.7 Å². The largest absolute Gasteiger partial charge is 0.328 e. The summed E-state index contributed by atoms with van der Waals surface area (Å²) in [4.78, 5) is 83.6. The highest BCUT2D eigenvalue weighted by Crippen LogP contribution is 2.37. The number of ketones is 1. The van der Waals surface area contributed by atoms with E-state index in [1.807, 2.05) is 0 Å². The zero-order chi connectivity index (χ0) is 41.2. The van der Waals surface area contributed by atoms with Gasteiger partial charge in [0, 0.05) is 26.5 Å². The number of carbonyl (C=O) groups is 5. The molecule has 1 aliphatic rings. The Morgan fingerprint density at radius 2 is 1.15 bits per heavy atom. The number of alkyl halides is 2. The Balaban J connectivity index is 2.21. The molecular formula is C40H60F2N8O5. The van der Waals surface area contributed by atoms with Gasteiger partial charge in [-0.3, -0.25) is 34.2 Å². The van der Waals surface area contributed by atoms with Crippen LogP contribution in [0.15, 0.2) is 48.8 Å². The monoisotopic (exact) mass is 770 g/mol. The van der Waals surface area contributed by atoms with Crippen LogP contribution < -0.4 is 11.5 Å². The van der Waals surface area contributed by atoms with Crippen LogP contribution >= 0.6 is 0 Å². The lowest BCUT2D eigenvalue weighted by Crippen LogP contribution is -2.67. The molecule has 1 aliphatic carbocycles. The van der Waals surface area contributed by atoms with Gasteiger partial charge in [0.15, 0.2) is 0 Å². The number of rotatable bonds is 16. The molecule has 2 aromatic rings. The van der Waals surface area contributed by atoms with Gasteiger partial charge in [-0.05, 0) is 54.4 Å². The lowest BCUT2D eigenvalue weighted by Gasteiger charge is -2.43. The van der Waals surface area contributed by atoms with Crippen molar-refractivity contribution in [3.8, 4) is 0 Å². The second kappa shape index (κ2) is 20.0. The first-order valence-corrected chi connectivity index (χ1v) is 19.2. The summed E-state index contributed by atoms with van der Waals surface area (Å²) in [6, 6.07) is 0.963. The van der Waals surface area contributed by atoms with Crippen LogP contribution in [0.2, 0.25) is 0 Å². The van der Waals surface area contributed by atoms with E-state index in [1.54, 1.807) is 64.1 Å². The van der Waals surface area contributed by atoms with Gasteiger partial charge in [-0.15, -0.1) is 0 Å². The number of Topliss-reactive ketones (excluding diaryl/α,β-unsaturated/α-hetero) is 1. The van der Waals surface area contributed by atoms with Gasteiger partial charge in [-0.1, -0.05) is 85.8 Å². The average molecular weight is 771 g/mol. The number of halogens is 2. The van der Waals surface area contributed by atoms with Crippen molar-refractivity contribution in [3.05, 3.63) is 60.2 Å². The van der Waals surface area contributed by atoms with Crippen molar-refractivity contribution in [3.63, 3.8) is 0 Å². The first-order chi connectivity index (χ1) is 25.8. The van der Waals surface area contributed by atoms with Crippen LogP contribution in [0.4, 0.5) is 18.4 Å². The lowest BCUT2D eigenvalue weighted by molar-refractivity contribution is -0.168. The fourth-order valence-electron chi connectivity index (χ4n) is 6.91. The molecule has 0 radical (unpaired) electrons. The van der Waals surface area contributed by atoms with Crippen LogP contribution in [-0.2, 0) is 27.5 Å². The topological polar surface area (TPSA) is 176 Å². The maximum atomic E-state index is 17.6. The number of amides is 6. The van der Waals surface area contributed by atoms with Crippen molar-refractivity contribution in [2.75, 3.05) is 14.1 Å². The summed E-state index contributed by atoms with van der Waals surface area (Å²) < 4.78 is 35.2. The van der Waals surface area contributed by atoms with Crippen molar-refractivity contribution in [1.82, 2.24) is 29.6 Å². The van der Waals surface area contributed by atoms with Gasteiger partial charge in [-0.2, -0.15) is 8.78 Å². The highest BCUT2D eigenvalue weighted by atomic mass is 19.3. The minimum absolute atomic E-state index is 0.0950. The van der Waals surface area contributed by atoms with Gasteiger partial charge in [0.1, 0.15) is 12.1 Å². The molecule has 4 atom stereocenters. The van der Waals surface area contributed by atoms with Gasteiger partial charge >= 0.3 is 18.0 Å². The second-order valence-electron chi connectivity index (χ2n) is 15.8. The molecule has 13 nitrogen and oxygen atoms in total. The first-order valence-electron chi connectivity index (χ1n) is 19.2. The first kappa shape index (κ1) is 45.0. The molecule has 4 N–H and O–H groups in total. The number of nitrogens with two attached hydrogens (primary N) is 2. The van der Waals surface area contributed by atoms with E-state index in [1.165, 1.54) is 40.3 Å². The third kappa shape index (κ3) is 11.3. The smallest absolute Gasteiger partial charge is 0.321 e. The van der Waals surface area contributed by atoms with E-state index in [9.17, 15) is 24.0 Å². The lowest BCUT2D eigenvalue weighted by atomic mass is 9.81. The highest BCUT2D eigenvalue weighted by molar-refractivity contribution is 6.05. The standard InChI is InChI=1S/C40H60F2N8O5/c1-25(2)32(43)36(52)49(38(54)47(7)23-29-18-12-14-20-45-29)31(22-28-16-10-9-11-17-28)35(51)40(41,42)34(27(5)6)50(37(53)33(44)26(3)4)39(55)48(8)24-30-19-13-15-21-46-30/h12-15,18-21,25-28,31-34H,9-11,16-17,22-24,43-44H2,1-8H3/t31-,32-,33-,34-/m0/s1. The zero-order valence-electron chi connectivity index (χ0n) is 33.5. The van der Waals surface area contributed by atoms with Gasteiger partial charge in [0.2, 0.25) is 17.6 Å². The molecule has 2 heterocycles. The third-order valence-corrected chi connectivity index (χ3v) is 10.3. The fraction of sp³-hybridized carbons (Fsp3) is 0.625. The molecule has 304 valence electrons. The fourth-order valence-corrected chi connectivity index (χ4v) is 6.91. The number of urea groups is 2. The molecule has 1 fully saturated rings. The normalized spacial score (nSPS) is 16.0. The number of imide groups is 2. The molecule has 6 amide bonds. The highest BCUT2D eigenvalue weighted by Gasteiger charge is 2.59. The maximum absolute atomic E-state index is 17.6. The predicted octanol–water partition coefficient (Wildman–Crippen LogP) is 5.47. The summed E-state index contributed by atoms with van der Waals surface area (Å²) >= 11 is 0. The summed E-state index contributed by atoms with van der Waals surface area (Å²) in [5.74, 6) is -10.8. The summed E-state index contributed by atoms with van der Waals surface area (Å²) in [5, 5.41) is 0. The molecule has 0 unspecified atom stereocenters. The second-order valence-corrected chi connectivity index (χ2v) is 15.8. The van der Waals surface area contributed by atoms with Crippen LogP contribution in [-0.4, -0.2) is 103 Å². The van der Waals surface area contributed by atoms with Gasteiger partial charge in [-0.25, -0.2) is 9.59 Å². The Bertz CT molecular complexity index is 1590. The van der Waals surface area contributed by atoms with Crippen LogP contribution in [0.3, 0.4) is 0 Å². The van der Waals surface area contributed by atoms with Gasteiger partial charge in [0.05, 0.1) is 36.6 Å². The van der Waals surface area contributed by atoms with E-state index in [-0.39, 0.29) is 25.4 Å². The molecule has 55 heavy (non-hydrogen) atoms. The van der Waals surface area contributed by atoms with Crippen LogP contribution in [0, 0.1) is 23.7 Å². The summed E-state index contributed by atoms with van der Waals surface area (Å²) in [6.07, 6.45) is 6.50. The van der Waals surface area contributed by atoms with E-state index in [0.29, 0.717) is 34.0 Å². The van der Waals surface area contributed by atoms with Gasteiger partial charge < -0.3 is 21.3 Å². The number of nitrogens with zero attached hydrogens (tertiary/aromatic N) is 6. The SMILES string of the molecule is CC(C)[C@H](N)C(=O)N(C(=O)N(C)Cc1ccccn1)[C@@H](C(C)C)C(F)(F)C(=O)[C@H](CC1CCCCC1)N(C(=O)[C@@H](N)C(C)C)C(=O)N(C)Cc1ccccn1. The average Bonchev–Trinajstić information content (AvgIpc) is 3.15. The van der Waals surface area contributed by atoms with Crippen LogP contribution in [0.25, 0.3) is 0 Å². The number of pyridine rings is 2. The zero-order valence-corrected chi connectivity index (χ0v) is 33.5. The van der Waals surface area contributed by atoms with E-state index in [4.69, 9.17) is 11.5 Å². The number of carbonyl (C=O) groups excluding carboxylic acids is 5. The quantitative estimate of drug-likeness (QED) is 0.224. The summed E-state index contributed by atoms with van der Waals surface area (Å²) in [6.45, 7) is 9.05. The number of aromatic nitrogens is 2. The number of hydrogen-bond donors (Lipinski definition) is 2. The van der Waals surface area contributed by atoms with Crippen molar-refractivity contribution in [1.29, 1.82) is 0 Å². The molecule has 3 rings (SSSR count). The third-order valence-electron chi connectivity index (χ3n) is 10.3. The van der Waals surface area contributed by atoms with E-state index < -0.39 is 77.5 Å². The minimum atomic E-state index is -4.47. The molecule has 0 spiro atoms. The Hall–Kier alpha value is -4.37. The Kier molecular flexibility index (Phi) is 16.4. The molecule has 1 saturated carbocycles. The summed E-state index contributed by atoms with van der Waals surface area (Å²) in [5.41, 5.74) is 13.5. The Morgan fingerprint density at radius 1 is 0.709 bits per heavy atom. The predicted molar refractivity (Wildman–Crippen MR) is 205 cm³/mol. The Morgan fingerprint density at radius 3 is 1.55 bits per heavy atom. The molecule has 0 saturated heterocycles. The van der Waals surface area contributed by atoms with Crippen LogP contribution in [0.5, 0.6) is 0 Å². The minimum Gasteiger partial charge on any atom is -0.321 e. The molecule has 0 aliphatic heterocycles. The van der Waals surface area contributed by atoms with E-state index >= 15 is 8.78 Å². The molecule has 2 aromatic heterocycles. The Labute approximate surface area is 324 Å². The molecule has 0 aromatic carbocycles.